The van der Waals surface area contributed by atoms with Gasteiger partial charge in [-0.3, -0.25) is 4.79 Å². The van der Waals surface area contributed by atoms with Gasteiger partial charge in [0.2, 0.25) is 0 Å². The second-order valence-corrected chi connectivity index (χ2v) is 4.89. The number of fused-ring (bicyclic) bond motifs is 1. The predicted molar refractivity (Wildman–Crippen MR) is 81.1 cm³/mol. The number of hydrogen-bond donors (Lipinski definition) is 1. The Hall–Kier alpha value is -2.46. The molecule has 0 unspecified atom stereocenters. The van der Waals surface area contributed by atoms with E-state index in [1.54, 1.807) is 36.4 Å². The van der Waals surface area contributed by atoms with Crippen LogP contribution in [0.3, 0.4) is 0 Å². The average Bonchev–Trinajstić information content (AvgIpc) is 2.46. The molecule has 0 bridgehead atoms. The van der Waals surface area contributed by atoms with Crippen LogP contribution >= 0.6 is 11.6 Å². The monoisotopic (exact) mass is 300 g/mol. The maximum Gasteiger partial charge on any atom is 0.255 e. The third-order valence-electron chi connectivity index (χ3n) is 3.00. The minimum absolute atomic E-state index is 0.308. The summed E-state index contributed by atoms with van der Waals surface area (Å²) in [7, 11) is 0. The lowest BCUT2D eigenvalue weighted by Gasteiger charge is -2.06. The average molecular weight is 301 g/mol. The molecule has 5 heteroatoms. The number of nitrogens with one attached hydrogen (secondary N) is 1. The SMILES string of the molecule is O=C(Nc1cccc(F)c1)c1ccc2nc(Cl)ccc2c1. The van der Waals surface area contributed by atoms with Crippen molar-refractivity contribution >= 4 is 34.1 Å². The second kappa shape index (κ2) is 5.50. The van der Waals surface area contributed by atoms with E-state index in [2.05, 4.69) is 10.3 Å². The first-order valence-electron chi connectivity index (χ1n) is 6.25. The Balaban J connectivity index is 1.89. The summed E-state index contributed by atoms with van der Waals surface area (Å²) in [4.78, 5) is 16.3. The molecule has 0 spiro atoms. The molecule has 1 N–H and O–H groups in total. The van der Waals surface area contributed by atoms with E-state index in [1.165, 1.54) is 18.2 Å². The van der Waals surface area contributed by atoms with Crippen molar-refractivity contribution in [3.05, 3.63) is 71.1 Å². The molecule has 0 saturated heterocycles. The second-order valence-electron chi connectivity index (χ2n) is 4.51. The van der Waals surface area contributed by atoms with Crippen LogP contribution in [0.1, 0.15) is 10.4 Å². The number of pyridine rings is 1. The van der Waals surface area contributed by atoms with E-state index in [1.807, 2.05) is 0 Å². The third-order valence-corrected chi connectivity index (χ3v) is 3.21. The summed E-state index contributed by atoms with van der Waals surface area (Å²) in [6.45, 7) is 0. The first-order chi connectivity index (χ1) is 10.1. The van der Waals surface area contributed by atoms with Crippen molar-refractivity contribution in [3.8, 4) is 0 Å². The molecule has 0 aliphatic rings. The number of halogens is 2. The minimum Gasteiger partial charge on any atom is -0.322 e. The zero-order valence-electron chi connectivity index (χ0n) is 10.8. The highest BCUT2D eigenvalue weighted by Gasteiger charge is 2.08. The summed E-state index contributed by atoms with van der Waals surface area (Å²) in [5, 5.41) is 3.86. The highest BCUT2D eigenvalue weighted by atomic mass is 35.5. The number of hydrogen-bond acceptors (Lipinski definition) is 2. The van der Waals surface area contributed by atoms with E-state index in [0.717, 1.165) is 5.39 Å². The minimum atomic E-state index is -0.398. The molecule has 0 aliphatic carbocycles. The summed E-state index contributed by atoms with van der Waals surface area (Å²) >= 11 is 5.82. The lowest BCUT2D eigenvalue weighted by Crippen LogP contribution is -2.11. The molecule has 0 saturated carbocycles. The van der Waals surface area contributed by atoms with E-state index in [9.17, 15) is 9.18 Å². The summed E-state index contributed by atoms with van der Waals surface area (Å²) in [6, 6.07) is 14.3. The first-order valence-corrected chi connectivity index (χ1v) is 6.63. The van der Waals surface area contributed by atoms with Crippen molar-refractivity contribution in [3.63, 3.8) is 0 Å². The zero-order chi connectivity index (χ0) is 14.8. The number of carbonyl (C=O) groups excluding carboxylic acids is 1. The van der Waals surface area contributed by atoms with Crippen molar-refractivity contribution in [2.75, 3.05) is 5.32 Å². The predicted octanol–water partition coefficient (Wildman–Crippen LogP) is 4.28. The van der Waals surface area contributed by atoms with Crippen molar-refractivity contribution in [1.82, 2.24) is 4.98 Å². The molecule has 0 fully saturated rings. The fourth-order valence-corrected chi connectivity index (χ4v) is 2.17. The largest absolute Gasteiger partial charge is 0.322 e. The maximum atomic E-state index is 13.1. The smallest absolute Gasteiger partial charge is 0.255 e. The van der Waals surface area contributed by atoms with Gasteiger partial charge in [-0.1, -0.05) is 17.7 Å². The van der Waals surface area contributed by atoms with Gasteiger partial charge in [0, 0.05) is 16.6 Å². The van der Waals surface area contributed by atoms with Crippen LogP contribution in [0, 0.1) is 5.82 Å². The van der Waals surface area contributed by atoms with Crippen LogP contribution in [0.4, 0.5) is 10.1 Å². The molecule has 1 aromatic heterocycles. The quantitative estimate of drug-likeness (QED) is 0.718. The first kappa shape index (κ1) is 13.5. The van der Waals surface area contributed by atoms with Crippen LogP contribution in [0.5, 0.6) is 0 Å². The summed E-state index contributed by atoms with van der Waals surface area (Å²) in [5.74, 6) is -0.706. The standard InChI is InChI=1S/C16H10ClFN2O/c17-15-7-5-10-8-11(4-6-14(10)20-15)16(21)19-13-3-1-2-12(18)9-13/h1-9H,(H,19,21). The van der Waals surface area contributed by atoms with Crippen LogP contribution in [-0.2, 0) is 0 Å². The molecule has 3 nitrogen and oxygen atoms in total. The van der Waals surface area contributed by atoms with Gasteiger partial charge in [-0.05, 0) is 48.5 Å². The van der Waals surface area contributed by atoms with Gasteiger partial charge in [-0.2, -0.15) is 0 Å². The Morgan fingerprint density at radius 1 is 1.10 bits per heavy atom. The summed E-state index contributed by atoms with van der Waals surface area (Å²) in [6.07, 6.45) is 0. The van der Waals surface area contributed by atoms with Gasteiger partial charge in [0.15, 0.2) is 0 Å². The normalized spacial score (nSPS) is 10.6. The summed E-state index contributed by atoms with van der Waals surface area (Å²) in [5.41, 5.74) is 1.59. The van der Waals surface area contributed by atoms with Crippen LogP contribution in [0.25, 0.3) is 10.9 Å². The van der Waals surface area contributed by atoms with Crippen LogP contribution in [0.2, 0.25) is 5.15 Å². The van der Waals surface area contributed by atoms with Gasteiger partial charge in [0.1, 0.15) is 11.0 Å². The van der Waals surface area contributed by atoms with Crippen LogP contribution in [0.15, 0.2) is 54.6 Å². The lowest BCUT2D eigenvalue weighted by molar-refractivity contribution is 0.102. The van der Waals surface area contributed by atoms with E-state index < -0.39 is 5.82 Å². The Morgan fingerprint density at radius 3 is 2.76 bits per heavy atom. The Morgan fingerprint density at radius 2 is 1.95 bits per heavy atom. The lowest BCUT2D eigenvalue weighted by atomic mass is 10.1. The number of aromatic nitrogens is 1. The van der Waals surface area contributed by atoms with Crippen LogP contribution in [-0.4, -0.2) is 10.9 Å². The number of rotatable bonds is 2. The van der Waals surface area contributed by atoms with Crippen LogP contribution < -0.4 is 5.32 Å². The fourth-order valence-electron chi connectivity index (χ4n) is 2.01. The van der Waals surface area contributed by atoms with Gasteiger partial charge < -0.3 is 5.32 Å². The van der Waals surface area contributed by atoms with Gasteiger partial charge in [0.05, 0.1) is 5.52 Å². The van der Waals surface area contributed by atoms with Gasteiger partial charge >= 0.3 is 0 Å². The molecular weight excluding hydrogens is 291 g/mol. The number of benzene rings is 2. The van der Waals surface area contributed by atoms with Gasteiger partial charge in [-0.15, -0.1) is 0 Å². The van der Waals surface area contributed by atoms with E-state index in [-0.39, 0.29) is 5.91 Å². The number of nitrogens with zero attached hydrogens (tertiary/aromatic N) is 1. The van der Waals surface area contributed by atoms with Crippen molar-refractivity contribution < 1.29 is 9.18 Å². The molecule has 3 aromatic rings. The molecule has 2 aromatic carbocycles. The summed E-state index contributed by atoms with van der Waals surface area (Å²) < 4.78 is 13.1. The molecule has 21 heavy (non-hydrogen) atoms. The Kier molecular flexibility index (Phi) is 3.54. The third kappa shape index (κ3) is 3.01. The van der Waals surface area contributed by atoms with E-state index >= 15 is 0 Å². The molecule has 0 aliphatic heterocycles. The Bertz CT molecular complexity index is 835. The highest BCUT2D eigenvalue weighted by Crippen LogP contribution is 2.18. The molecule has 3 rings (SSSR count). The number of anilines is 1. The number of amides is 1. The van der Waals surface area contributed by atoms with Crippen molar-refractivity contribution in [2.24, 2.45) is 0 Å². The zero-order valence-corrected chi connectivity index (χ0v) is 11.6. The molecular formula is C16H10ClFN2O. The molecule has 0 atom stereocenters. The maximum absolute atomic E-state index is 13.1. The van der Waals surface area contributed by atoms with Crippen molar-refractivity contribution in [2.45, 2.75) is 0 Å². The topological polar surface area (TPSA) is 42.0 Å². The van der Waals surface area contributed by atoms with Gasteiger partial charge in [-0.25, -0.2) is 9.37 Å². The highest BCUT2D eigenvalue weighted by molar-refractivity contribution is 6.29. The van der Waals surface area contributed by atoms with E-state index in [4.69, 9.17) is 11.6 Å². The molecule has 0 radical (unpaired) electrons. The fraction of sp³-hybridized carbons (Fsp3) is 0. The van der Waals surface area contributed by atoms with Crippen molar-refractivity contribution in [1.29, 1.82) is 0 Å². The van der Waals surface area contributed by atoms with Gasteiger partial charge in [0.25, 0.3) is 5.91 Å². The Labute approximate surface area is 125 Å². The molecule has 104 valence electrons. The number of carbonyl (C=O) groups is 1. The molecule has 1 amide bonds. The van der Waals surface area contributed by atoms with E-state index in [0.29, 0.717) is 21.9 Å². The molecule has 1 heterocycles.